The Hall–Kier alpha value is -4.08. The van der Waals surface area contributed by atoms with Crippen molar-refractivity contribution in [1.82, 2.24) is 34.2 Å². The van der Waals surface area contributed by atoms with Gasteiger partial charge in [0.25, 0.3) is 5.91 Å². The molecular formula is C23H23FN8O. The lowest BCUT2D eigenvalue weighted by molar-refractivity contribution is 0.0735. The average molecular weight is 446 g/mol. The number of hydrogen-bond acceptors (Lipinski definition) is 6. The highest BCUT2D eigenvalue weighted by atomic mass is 19.1. The Balaban J connectivity index is 1.28. The zero-order chi connectivity index (χ0) is 22.9. The second kappa shape index (κ2) is 8.45. The van der Waals surface area contributed by atoms with Crippen LogP contribution in [-0.4, -0.2) is 66.3 Å². The Kier molecular flexibility index (Phi) is 5.33. The maximum absolute atomic E-state index is 13.2. The minimum absolute atomic E-state index is 0.0737. The molecule has 0 unspecified atom stereocenters. The number of benzene rings is 1. The molecule has 0 N–H and O–H groups in total. The molecule has 1 aliphatic heterocycles. The molecule has 0 aliphatic carbocycles. The molecule has 33 heavy (non-hydrogen) atoms. The Morgan fingerprint density at radius 3 is 2.39 bits per heavy atom. The van der Waals surface area contributed by atoms with Gasteiger partial charge in [-0.3, -0.25) is 14.0 Å². The third kappa shape index (κ3) is 4.07. The van der Waals surface area contributed by atoms with Gasteiger partial charge in [0, 0.05) is 57.3 Å². The number of rotatable bonds is 4. The van der Waals surface area contributed by atoms with Gasteiger partial charge in [-0.2, -0.15) is 5.10 Å². The van der Waals surface area contributed by atoms with Crippen LogP contribution >= 0.6 is 0 Å². The summed E-state index contributed by atoms with van der Waals surface area (Å²) in [5.41, 5.74) is 1.91. The lowest BCUT2D eigenvalue weighted by Gasteiger charge is -2.35. The lowest BCUT2D eigenvalue weighted by atomic mass is 10.1. The minimum atomic E-state index is -0.306. The number of aryl methyl sites for hydroxylation is 2. The molecule has 0 radical (unpaired) electrons. The van der Waals surface area contributed by atoms with Crippen LogP contribution in [0.1, 0.15) is 16.3 Å². The van der Waals surface area contributed by atoms with Gasteiger partial charge in [0.2, 0.25) is 0 Å². The Bertz CT molecular complexity index is 1290. The van der Waals surface area contributed by atoms with Crippen LogP contribution in [0.3, 0.4) is 0 Å². The van der Waals surface area contributed by atoms with Crippen LogP contribution in [0.25, 0.3) is 17.1 Å². The van der Waals surface area contributed by atoms with Crippen molar-refractivity contribution in [3.63, 3.8) is 0 Å². The van der Waals surface area contributed by atoms with Crippen LogP contribution in [0.2, 0.25) is 0 Å². The van der Waals surface area contributed by atoms with Crippen molar-refractivity contribution in [3.8, 4) is 17.1 Å². The van der Waals surface area contributed by atoms with Gasteiger partial charge in [0.05, 0.1) is 5.69 Å². The van der Waals surface area contributed by atoms with E-state index in [0.717, 1.165) is 23.0 Å². The maximum atomic E-state index is 13.2. The summed E-state index contributed by atoms with van der Waals surface area (Å²) < 4.78 is 16.7. The zero-order valence-corrected chi connectivity index (χ0v) is 18.4. The molecule has 5 rings (SSSR count). The first kappa shape index (κ1) is 20.8. The number of amides is 1. The number of carbonyl (C=O) groups excluding carboxylic acids is 1. The third-order valence-electron chi connectivity index (χ3n) is 5.84. The van der Waals surface area contributed by atoms with E-state index < -0.39 is 0 Å². The summed E-state index contributed by atoms with van der Waals surface area (Å²) in [7, 11) is 1.75. The van der Waals surface area contributed by atoms with Gasteiger partial charge in [0.1, 0.15) is 35.3 Å². The van der Waals surface area contributed by atoms with Crippen LogP contribution in [0.15, 0.2) is 55.1 Å². The molecule has 1 fully saturated rings. The van der Waals surface area contributed by atoms with Crippen LogP contribution in [-0.2, 0) is 7.05 Å². The number of hydrogen-bond donors (Lipinski definition) is 0. The summed E-state index contributed by atoms with van der Waals surface area (Å²) in [5.74, 6) is 2.05. The van der Waals surface area contributed by atoms with Crippen molar-refractivity contribution in [2.75, 3.05) is 31.1 Å². The normalized spacial score (nSPS) is 14.0. The first-order valence-electron chi connectivity index (χ1n) is 10.7. The van der Waals surface area contributed by atoms with Gasteiger partial charge < -0.3 is 9.80 Å². The van der Waals surface area contributed by atoms with Gasteiger partial charge in [0.15, 0.2) is 0 Å². The molecule has 1 amide bonds. The number of piperazine rings is 1. The molecule has 0 spiro atoms. The van der Waals surface area contributed by atoms with Gasteiger partial charge in [-0.15, -0.1) is 0 Å². The van der Waals surface area contributed by atoms with Crippen molar-refractivity contribution in [2.45, 2.75) is 6.92 Å². The van der Waals surface area contributed by atoms with Crippen molar-refractivity contribution >= 4 is 11.7 Å². The van der Waals surface area contributed by atoms with Crippen LogP contribution in [0.4, 0.5) is 10.2 Å². The van der Waals surface area contributed by atoms with Gasteiger partial charge in [-0.05, 0) is 37.3 Å². The number of aromatic nitrogens is 6. The van der Waals surface area contributed by atoms with E-state index in [1.54, 1.807) is 42.5 Å². The fourth-order valence-electron chi connectivity index (χ4n) is 3.99. The highest BCUT2D eigenvalue weighted by molar-refractivity contribution is 5.94. The first-order valence-corrected chi connectivity index (χ1v) is 10.7. The van der Waals surface area contributed by atoms with Gasteiger partial charge in [-0.1, -0.05) is 0 Å². The second-order valence-electron chi connectivity index (χ2n) is 7.90. The Morgan fingerprint density at radius 1 is 0.970 bits per heavy atom. The van der Waals surface area contributed by atoms with Crippen LogP contribution in [0, 0.1) is 12.7 Å². The zero-order valence-electron chi connectivity index (χ0n) is 18.4. The highest BCUT2D eigenvalue weighted by Gasteiger charge is 2.26. The summed E-state index contributed by atoms with van der Waals surface area (Å²) >= 11 is 0. The maximum Gasteiger partial charge on any atom is 0.272 e. The number of nitrogens with zero attached hydrogens (tertiary/aromatic N) is 8. The van der Waals surface area contributed by atoms with Crippen molar-refractivity contribution in [2.24, 2.45) is 7.05 Å². The Labute approximate surface area is 190 Å². The van der Waals surface area contributed by atoms with E-state index in [4.69, 9.17) is 0 Å². The van der Waals surface area contributed by atoms with E-state index in [2.05, 4.69) is 25.0 Å². The van der Waals surface area contributed by atoms with E-state index in [9.17, 15) is 9.18 Å². The van der Waals surface area contributed by atoms with Gasteiger partial charge >= 0.3 is 0 Å². The second-order valence-corrected chi connectivity index (χ2v) is 7.90. The average Bonchev–Trinajstić information content (AvgIpc) is 3.45. The Morgan fingerprint density at radius 2 is 1.70 bits per heavy atom. The molecule has 1 aliphatic rings. The number of anilines is 1. The van der Waals surface area contributed by atoms with Crippen molar-refractivity contribution in [3.05, 3.63) is 72.5 Å². The molecule has 1 aromatic carbocycles. The molecule has 9 nitrogen and oxygen atoms in total. The summed E-state index contributed by atoms with van der Waals surface area (Å²) in [6, 6.07) is 9.78. The van der Waals surface area contributed by atoms with Crippen molar-refractivity contribution in [1.29, 1.82) is 0 Å². The van der Waals surface area contributed by atoms with E-state index in [0.29, 0.717) is 37.6 Å². The SMILES string of the molecule is Cc1nccn1-c1cc(N2CCN(C(=O)c3cc(-c4ccc(F)cc4)nn3C)CC2)ncn1. The largest absolute Gasteiger partial charge is 0.353 e. The molecule has 1 saturated heterocycles. The fourth-order valence-corrected chi connectivity index (χ4v) is 3.99. The monoisotopic (exact) mass is 446 g/mol. The predicted octanol–water partition coefficient (Wildman–Crippen LogP) is 2.47. The topological polar surface area (TPSA) is 85.0 Å². The molecule has 168 valence electrons. The molecule has 10 heteroatoms. The molecule has 3 aromatic heterocycles. The summed E-state index contributed by atoms with van der Waals surface area (Å²) in [6.45, 7) is 4.38. The quantitative estimate of drug-likeness (QED) is 0.479. The number of halogens is 1. The van der Waals surface area contributed by atoms with Crippen LogP contribution in [0.5, 0.6) is 0 Å². The summed E-state index contributed by atoms with van der Waals surface area (Å²) in [4.78, 5) is 30.2. The smallest absolute Gasteiger partial charge is 0.272 e. The van der Waals surface area contributed by atoms with E-state index >= 15 is 0 Å². The third-order valence-corrected chi connectivity index (χ3v) is 5.84. The van der Waals surface area contributed by atoms with Gasteiger partial charge in [-0.25, -0.2) is 19.3 Å². The minimum Gasteiger partial charge on any atom is -0.353 e. The molecule has 4 heterocycles. The molecule has 0 saturated carbocycles. The molecule has 0 bridgehead atoms. The molecule has 0 atom stereocenters. The van der Waals surface area contributed by atoms with E-state index in [1.807, 2.05) is 28.7 Å². The number of imidazole rings is 1. The molecule has 4 aromatic rings. The lowest BCUT2D eigenvalue weighted by Crippen LogP contribution is -2.49. The summed E-state index contributed by atoms with van der Waals surface area (Å²) in [5, 5.41) is 4.44. The van der Waals surface area contributed by atoms with Crippen LogP contribution < -0.4 is 4.90 Å². The van der Waals surface area contributed by atoms with Crippen molar-refractivity contribution < 1.29 is 9.18 Å². The summed E-state index contributed by atoms with van der Waals surface area (Å²) in [6.07, 6.45) is 5.15. The highest BCUT2D eigenvalue weighted by Crippen LogP contribution is 2.22. The first-order chi connectivity index (χ1) is 16.0. The van der Waals surface area contributed by atoms with E-state index in [1.165, 1.54) is 12.1 Å². The predicted molar refractivity (Wildman–Crippen MR) is 121 cm³/mol. The van der Waals surface area contributed by atoms with E-state index in [-0.39, 0.29) is 11.7 Å². The standard InChI is InChI=1S/C23H23FN8O/c1-16-25-7-8-32(16)22-14-21(26-15-27-22)30-9-11-31(12-10-30)23(33)20-13-19(28-29(20)2)17-3-5-18(24)6-4-17/h3-8,13-15H,9-12H2,1-2H3. The fraction of sp³-hybridized carbons (Fsp3) is 0.261. The number of carbonyl (C=O) groups is 1. The molecular weight excluding hydrogens is 423 g/mol.